The summed E-state index contributed by atoms with van der Waals surface area (Å²) in [6, 6.07) is 51.2. The summed E-state index contributed by atoms with van der Waals surface area (Å²) in [6.45, 7) is 5.83. The molecule has 0 aliphatic carbocycles. The molecule has 0 saturated carbocycles. The zero-order valence-corrected chi connectivity index (χ0v) is 30.4. The maximum atomic E-state index is 6.72. The summed E-state index contributed by atoms with van der Waals surface area (Å²) in [5.74, 6) is 1.51. The third-order valence-corrected chi connectivity index (χ3v) is 9.29. The summed E-state index contributed by atoms with van der Waals surface area (Å²) in [5.41, 5.74) is 9.58. The average molecular weight is 707 g/mol. The van der Waals surface area contributed by atoms with Crippen molar-refractivity contribution in [2.75, 3.05) is 0 Å². The van der Waals surface area contributed by atoms with Crippen molar-refractivity contribution < 1.29 is 28.4 Å². The first-order chi connectivity index (χ1) is 26.1. The van der Waals surface area contributed by atoms with Crippen molar-refractivity contribution in [2.45, 2.75) is 72.0 Å². The Balaban J connectivity index is 1.25. The Hall–Kier alpha value is -5.24. The largest absolute Gasteiger partial charge is 0.488 e. The molecule has 1 aliphatic heterocycles. The second-order valence-corrected chi connectivity index (χ2v) is 13.2. The van der Waals surface area contributed by atoms with Gasteiger partial charge in [0.2, 0.25) is 12.6 Å². The molecule has 0 N–H and O–H groups in total. The summed E-state index contributed by atoms with van der Waals surface area (Å²) < 4.78 is 39.2. The fourth-order valence-electron chi connectivity index (χ4n) is 6.63. The highest BCUT2D eigenvalue weighted by atomic mass is 16.9. The summed E-state index contributed by atoms with van der Waals surface area (Å²) in [5, 5.41) is 0. The Morgan fingerprint density at radius 1 is 0.491 bits per heavy atom. The van der Waals surface area contributed by atoms with Crippen molar-refractivity contribution in [1.29, 1.82) is 0 Å². The number of rotatable bonds is 16. The zero-order valence-electron chi connectivity index (χ0n) is 30.4. The Bertz CT molecular complexity index is 1970. The van der Waals surface area contributed by atoms with Crippen molar-refractivity contribution in [3.8, 4) is 22.6 Å². The molecule has 53 heavy (non-hydrogen) atoms. The molecule has 270 valence electrons. The van der Waals surface area contributed by atoms with Gasteiger partial charge in [-0.05, 0) is 52.3 Å². The summed E-state index contributed by atoms with van der Waals surface area (Å²) >= 11 is 0. The Kier molecular flexibility index (Phi) is 12.3. The Morgan fingerprint density at radius 3 is 1.43 bits per heavy atom. The van der Waals surface area contributed by atoms with Crippen LogP contribution in [0.5, 0.6) is 11.5 Å². The normalized spacial score (nSPS) is 15.7. The average Bonchev–Trinajstić information content (AvgIpc) is 3.60. The molecular formula is C47H46O6. The second-order valence-electron chi connectivity index (χ2n) is 13.2. The van der Waals surface area contributed by atoms with Crippen LogP contribution < -0.4 is 9.47 Å². The van der Waals surface area contributed by atoms with Crippen LogP contribution >= 0.6 is 0 Å². The van der Waals surface area contributed by atoms with Crippen LogP contribution in [0.15, 0.2) is 152 Å². The van der Waals surface area contributed by atoms with Crippen LogP contribution in [-0.2, 0) is 58.2 Å². The predicted octanol–water partition coefficient (Wildman–Crippen LogP) is 10.4. The van der Waals surface area contributed by atoms with E-state index in [2.05, 4.69) is 68.4 Å². The molecule has 0 aromatic heterocycles. The molecule has 6 aromatic carbocycles. The first-order valence-corrected chi connectivity index (χ1v) is 18.3. The molecule has 0 bridgehead atoms. The minimum absolute atomic E-state index is 0.363. The van der Waals surface area contributed by atoms with Crippen molar-refractivity contribution >= 4 is 0 Å². The maximum Gasteiger partial charge on any atom is 0.212 e. The lowest BCUT2D eigenvalue weighted by Gasteiger charge is -2.24. The van der Waals surface area contributed by atoms with Gasteiger partial charge in [-0.25, -0.2) is 0 Å². The van der Waals surface area contributed by atoms with Gasteiger partial charge in [0, 0.05) is 18.1 Å². The van der Waals surface area contributed by atoms with Crippen LogP contribution in [0.25, 0.3) is 11.1 Å². The standard InChI is InChI=1S/C47H46O6/c1-3-40-41(28-44-52-46(50-32-37-22-12-6-13-23-37)47(53-44)51-33-38-24-14-7-15-25-38)45(39-26-16-17-34(2)27-39)43(49-31-36-20-10-5-11-21-36)29-42(40)48-30-35-18-8-4-9-19-35/h4-27,29,44,46-47H,3,28,30-33H2,1-2H3/t46-,47-/m1/s1. The van der Waals surface area contributed by atoms with E-state index in [0.29, 0.717) is 32.8 Å². The molecule has 6 heteroatoms. The van der Waals surface area contributed by atoms with E-state index in [1.165, 1.54) is 0 Å². The van der Waals surface area contributed by atoms with Crippen LogP contribution in [0.2, 0.25) is 0 Å². The fraction of sp³-hybridized carbons (Fsp3) is 0.234. The van der Waals surface area contributed by atoms with Crippen LogP contribution in [0, 0.1) is 6.92 Å². The minimum atomic E-state index is -0.734. The van der Waals surface area contributed by atoms with Gasteiger partial charge in [0.25, 0.3) is 0 Å². The molecule has 1 fully saturated rings. The van der Waals surface area contributed by atoms with E-state index in [1.54, 1.807) is 0 Å². The van der Waals surface area contributed by atoms with Crippen molar-refractivity contribution in [3.63, 3.8) is 0 Å². The lowest BCUT2D eigenvalue weighted by molar-refractivity contribution is -0.200. The topological polar surface area (TPSA) is 55.4 Å². The second kappa shape index (κ2) is 18.0. The highest BCUT2D eigenvalue weighted by Crippen LogP contribution is 2.43. The SMILES string of the molecule is CCc1c(OCc2ccccc2)cc(OCc2ccccc2)c(-c2cccc(C)c2)c1CC1O[C@@H](OCc2ccccc2)[C@H](OCc2ccccc2)O1. The molecule has 7 rings (SSSR count). The molecule has 2 atom stereocenters. The highest BCUT2D eigenvalue weighted by Gasteiger charge is 2.39. The first-order valence-electron chi connectivity index (χ1n) is 18.3. The quantitative estimate of drug-likeness (QED) is 0.0999. The first kappa shape index (κ1) is 36.1. The molecule has 1 saturated heterocycles. The molecule has 0 amide bonds. The van der Waals surface area contributed by atoms with Gasteiger partial charge in [-0.3, -0.25) is 0 Å². The van der Waals surface area contributed by atoms with Crippen LogP contribution in [0.4, 0.5) is 0 Å². The van der Waals surface area contributed by atoms with E-state index < -0.39 is 18.9 Å². The van der Waals surface area contributed by atoms with E-state index in [0.717, 1.165) is 68.0 Å². The number of hydrogen-bond donors (Lipinski definition) is 0. The number of aryl methyl sites for hydroxylation is 1. The molecule has 0 unspecified atom stereocenters. The van der Waals surface area contributed by atoms with Crippen LogP contribution in [0.1, 0.15) is 45.9 Å². The van der Waals surface area contributed by atoms with E-state index in [9.17, 15) is 0 Å². The summed E-state index contributed by atoms with van der Waals surface area (Å²) in [7, 11) is 0. The molecule has 1 heterocycles. The Morgan fingerprint density at radius 2 is 0.962 bits per heavy atom. The Labute approximate surface area is 312 Å². The summed E-state index contributed by atoms with van der Waals surface area (Å²) in [6.07, 6.45) is -0.971. The van der Waals surface area contributed by atoms with Gasteiger partial charge >= 0.3 is 0 Å². The molecule has 6 aromatic rings. The molecular weight excluding hydrogens is 661 g/mol. The van der Waals surface area contributed by atoms with Crippen molar-refractivity contribution in [3.05, 3.63) is 191 Å². The van der Waals surface area contributed by atoms with Crippen LogP contribution in [-0.4, -0.2) is 18.9 Å². The van der Waals surface area contributed by atoms with E-state index in [4.69, 9.17) is 28.4 Å². The molecule has 0 radical (unpaired) electrons. The lowest BCUT2D eigenvalue weighted by atomic mass is 9.89. The maximum absolute atomic E-state index is 6.72. The van der Waals surface area contributed by atoms with Gasteiger partial charge in [0.15, 0.2) is 6.29 Å². The smallest absolute Gasteiger partial charge is 0.212 e. The monoisotopic (exact) mass is 706 g/mol. The van der Waals surface area contributed by atoms with Gasteiger partial charge < -0.3 is 28.4 Å². The van der Waals surface area contributed by atoms with E-state index in [-0.39, 0.29) is 0 Å². The lowest BCUT2D eigenvalue weighted by Crippen LogP contribution is -2.28. The third-order valence-electron chi connectivity index (χ3n) is 9.29. The van der Waals surface area contributed by atoms with Gasteiger partial charge in [-0.2, -0.15) is 0 Å². The van der Waals surface area contributed by atoms with E-state index >= 15 is 0 Å². The van der Waals surface area contributed by atoms with Crippen LogP contribution in [0.3, 0.4) is 0 Å². The van der Waals surface area contributed by atoms with Crippen molar-refractivity contribution in [2.24, 2.45) is 0 Å². The predicted molar refractivity (Wildman–Crippen MR) is 207 cm³/mol. The number of ether oxygens (including phenoxy) is 6. The van der Waals surface area contributed by atoms with E-state index in [1.807, 2.05) is 97.1 Å². The van der Waals surface area contributed by atoms with Gasteiger partial charge in [-0.15, -0.1) is 0 Å². The molecule has 6 nitrogen and oxygen atoms in total. The highest BCUT2D eigenvalue weighted by molar-refractivity contribution is 5.78. The van der Waals surface area contributed by atoms with Crippen molar-refractivity contribution in [1.82, 2.24) is 0 Å². The molecule has 0 spiro atoms. The molecule has 1 aliphatic rings. The number of benzene rings is 6. The van der Waals surface area contributed by atoms with Gasteiger partial charge in [0.05, 0.1) is 13.2 Å². The fourth-order valence-corrected chi connectivity index (χ4v) is 6.63. The van der Waals surface area contributed by atoms with Gasteiger partial charge in [0.1, 0.15) is 24.7 Å². The zero-order chi connectivity index (χ0) is 36.2. The minimum Gasteiger partial charge on any atom is -0.488 e. The summed E-state index contributed by atoms with van der Waals surface area (Å²) in [4.78, 5) is 0. The number of hydrogen-bond acceptors (Lipinski definition) is 6. The third kappa shape index (κ3) is 9.60. The van der Waals surface area contributed by atoms with Gasteiger partial charge in [-0.1, -0.05) is 158 Å².